The average molecular weight is 407 g/mol. The van der Waals surface area contributed by atoms with Crippen LogP contribution in [-0.4, -0.2) is 53.6 Å². The zero-order chi connectivity index (χ0) is 20.3. The number of sulfone groups is 1. The van der Waals surface area contributed by atoms with Gasteiger partial charge >= 0.3 is 6.01 Å². The summed E-state index contributed by atoms with van der Waals surface area (Å²) in [5.41, 5.74) is 0.749. The Bertz CT molecular complexity index is 931. The minimum Gasteiger partial charge on any atom is -0.458 e. The van der Waals surface area contributed by atoms with Gasteiger partial charge in [0.05, 0.1) is 35.5 Å². The number of aromatic nitrogens is 2. The molecule has 7 nitrogen and oxygen atoms in total. The lowest BCUT2D eigenvalue weighted by Gasteiger charge is -2.17. The Balaban J connectivity index is 1.56. The molecule has 9 heteroatoms. The van der Waals surface area contributed by atoms with Crippen LogP contribution in [0.4, 0.5) is 4.39 Å². The maximum Gasteiger partial charge on any atom is 0.316 e. The predicted octanol–water partition coefficient (Wildman–Crippen LogP) is 2.02. The number of hydrogen-bond acceptors (Lipinski definition) is 6. The molecule has 0 bridgehead atoms. The van der Waals surface area contributed by atoms with Crippen LogP contribution in [0.1, 0.15) is 25.8 Å². The third-order valence-corrected chi connectivity index (χ3v) is 6.76. The van der Waals surface area contributed by atoms with Crippen molar-refractivity contribution in [2.75, 3.05) is 13.1 Å². The quantitative estimate of drug-likeness (QED) is 0.728. The van der Waals surface area contributed by atoms with E-state index in [1.165, 1.54) is 0 Å². The summed E-state index contributed by atoms with van der Waals surface area (Å²) in [6, 6.07) is 6.51. The largest absolute Gasteiger partial charge is 0.458 e. The summed E-state index contributed by atoms with van der Waals surface area (Å²) in [5, 5.41) is -0.494. The second kappa shape index (κ2) is 8.22. The second-order valence-electron chi connectivity index (χ2n) is 6.97. The Morgan fingerprint density at radius 2 is 1.89 bits per heavy atom. The fourth-order valence-corrected chi connectivity index (χ4v) is 3.98. The molecule has 1 aromatic heterocycles. The lowest BCUT2D eigenvalue weighted by Crippen LogP contribution is -2.32. The number of amides is 1. The summed E-state index contributed by atoms with van der Waals surface area (Å²) < 4.78 is 42.7. The second-order valence-corrected chi connectivity index (χ2v) is 9.47. The van der Waals surface area contributed by atoms with Gasteiger partial charge in [0.2, 0.25) is 5.91 Å². The summed E-state index contributed by atoms with van der Waals surface area (Å²) >= 11 is 0. The molecule has 1 unspecified atom stereocenters. The van der Waals surface area contributed by atoms with Crippen LogP contribution in [0, 0.1) is 5.82 Å². The molecule has 1 atom stereocenters. The maximum absolute atomic E-state index is 12.8. The van der Waals surface area contributed by atoms with E-state index >= 15 is 0 Å². The fourth-order valence-electron chi connectivity index (χ4n) is 2.92. The molecule has 1 amide bonds. The van der Waals surface area contributed by atoms with E-state index in [-0.39, 0.29) is 29.3 Å². The highest BCUT2D eigenvalue weighted by atomic mass is 32.2. The van der Waals surface area contributed by atoms with Crippen LogP contribution >= 0.6 is 0 Å². The molecule has 0 radical (unpaired) electrons. The molecular weight excluding hydrogens is 385 g/mol. The van der Waals surface area contributed by atoms with Crippen LogP contribution in [0.2, 0.25) is 0 Å². The number of ether oxygens (including phenoxy) is 1. The Labute approximate surface area is 163 Å². The minimum absolute atomic E-state index is 0.0643. The van der Waals surface area contributed by atoms with Crippen LogP contribution in [-0.2, 0) is 21.1 Å². The first-order valence-electron chi connectivity index (χ1n) is 9.00. The summed E-state index contributed by atoms with van der Waals surface area (Å²) in [4.78, 5) is 22.0. The summed E-state index contributed by atoms with van der Waals surface area (Å²) in [7, 11) is -3.32. The van der Waals surface area contributed by atoms with Crippen molar-refractivity contribution < 1.29 is 22.3 Å². The molecule has 1 aliphatic rings. The monoisotopic (exact) mass is 407 g/mol. The van der Waals surface area contributed by atoms with Crippen LogP contribution in [0.15, 0.2) is 41.6 Å². The molecular formula is C19H22FN3O4S. The number of carbonyl (C=O) groups excluding carboxylic acids is 1. The molecule has 1 fully saturated rings. The Kier molecular flexibility index (Phi) is 5.93. The zero-order valence-electron chi connectivity index (χ0n) is 15.7. The van der Waals surface area contributed by atoms with Gasteiger partial charge < -0.3 is 9.64 Å². The van der Waals surface area contributed by atoms with E-state index in [0.717, 1.165) is 18.0 Å². The van der Waals surface area contributed by atoms with Crippen LogP contribution in [0.5, 0.6) is 6.01 Å². The highest BCUT2D eigenvalue weighted by Gasteiger charge is 2.28. The van der Waals surface area contributed by atoms with Gasteiger partial charge in [0.15, 0.2) is 15.7 Å². The van der Waals surface area contributed by atoms with Gasteiger partial charge in [-0.25, -0.2) is 22.8 Å². The van der Waals surface area contributed by atoms with Crippen molar-refractivity contribution in [1.82, 2.24) is 14.9 Å². The lowest BCUT2D eigenvalue weighted by atomic mass is 10.1. The highest BCUT2D eigenvalue weighted by Crippen LogP contribution is 2.19. The van der Waals surface area contributed by atoms with Gasteiger partial charge in [-0.05, 0) is 31.5 Å². The van der Waals surface area contributed by atoms with Crippen molar-refractivity contribution in [1.29, 1.82) is 0 Å². The summed E-state index contributed by atoms with van der Waals surface area (Å²) in [5.74, 6) is -0.603. The van der Waals surface area contributed by atoms with Gasteiger partial charge in [-0.2, -0.15) is 0 Å². The summed E-state index contributed by atoms with van der Waals surface area (Å²) in [6.07, 6.45) is 2.64. The Morgan fingerprint density at radius 1 is 1.25 bits per heavy atom. The molecule has 2 heterocycles. The third kappa shape index (κ3) is 4.64. The minimum atomic E-state index is -3.32. The van der Waals surface area contributed by atoms with Crippen molar-refractivity contribution >= 4 is 15.7 Å². The third-order valence-electron chi connectivity index (χ3n) is 4.59. The smallest absolute Gasteiger partial charge is 0.316 e. The van der Waals surface area contributed by atoms with Crippen molar-refractivity contribution in [2.45, 2.75) is 42.9 Å². The van der Waals surface area contributed by atoms with Gasteiger partial charge in [0.25, 0.3) is 0 Å². The molecule has 3 rings (SSSR count). The molecule has 0 N–H and O–H groups in total. The number of likely N-dealkylation sites (tertiary alicyclic amines) is 1. The van der Waals surface area contributed by atoms with E-state index in [1.54, 1.807) is 43.0 Å². The van der Waals surface area contributed by atoms with Gasteiger partial charge in [0, 0.05) is 13.0 Å². The molecule has 1 aromatic carbocycles. The molecule has 28 heavy (non-hydrogen) atoms. The molecule has 1 aliphatic heterocycles. The predicted molar refractivity (Wildman–Crippen MR) is 100 cm³/mol. The SMILES string of the molecule is CC(C)S(=O)(=O)c1ccc(CC(=O)N2CCC(Oc3ncc(F)cn3)C2)cc1. The number of carbonyl (C=O) groups is 1. The van der Waals surface area contributed by atoms with Crippen LogP contribution < -0.4 is 4.74 Å². The first-order chi connectivity index (χ1) is 13.3. The first-order valence-corrected chi connectivity index (χ1v) is 10.5. The van der Waals surface area contributed by atoms with Crippen LogP contribution in [0.3, 0.4) is 0 Å². The normalized spacial score (nSPS) is 17.1. The van der Waals surface area contributed by atoms with Crippen LogP contribution in [0.25, 0.3) is 0 Å². The van der Waals surface area contributed by atoms with E-state index < -0.39 is 20.9 Å². The van der Waals surface area contributed by atoms with Gasteiger partial charge in [-0.3, -0.25) is 4.79 Å². The molecule has 1 saturated heterocycles. The molecule has 0 spiro atoms. The number of nitrogens with zero attached hydrogens (tertiary/aromatic N) is 3. The number of hydrogen-bond donors (Lipinski definition) is 0. The fraction of sp³-hybridized carbons (Fsp3) is 0.421. The van der Waals surface area contributed by atoms with Gasteiger partial charge in [-0.1, -0.05) is 12.1 Å². The van der Waals surface area contributed by atoms with Crippen molar-refractivity contribution in [3.8, 4) is 6.01 Å². The zero-order valence-corrected chi connectivity index (χ0v) is 16.5. The van der Waals surface area contributed by atoms with Gasteiger partial charge in [-0.15, -0.1) is 0 Å². The molecule has 0 saturated carbocycles. The Morgan fingerprint density at radius 3 is 2.50 bits per heavy atom. The van der Waals surface area contributed by atoms with E-state index in [0.29, 0.717) is 19.5 Å². The van der Waals surface area contributed by atoms with Crippen molar-refractivity contribution in [3.63, 3.8) is 0 Å². The molecule has 0 aliphatic carbocycles. The van der Waals surface area contributed by atoms with E-state index in [4.69, 9.17) is 4.74 Å². The van der Waals surface area contributed by atoms with Gasteiger partial charge in [0.1, 0.15) is 6.10 Å². The van der Waals surface area contributed by atoms with E-state index in [2.05, 4.69) is 9.97 Å². The van der Waals surface area contributed by atoms with Crippen molar-refractivity contribution in [3.05, 3.63) is 48.0 Å². The Hall–Kier alpha value is -2.55. The number of halogens is 1. The number of rotatable bonds is 6. The standard InChI is InChI=1S/C19H22FN3O4S/c1-13(2)28(25,26)17-5-3-14(4-6-17)9-18(24)23-8-7-16(12-23)27-19-21-10-15(20)11-22-19/h3-6,10-11,13,16H,7-9,12H2,1-2H3. The highest BCUT2D eigenvalue weighted by molar-refractivity contribution is 7.92. The average Bonchev–Trinajstić information content (AvgIpc) is 3.12. The molecule has 150 valence electrons. The lowest BCUT2D eigenvalue weighted by molar-refractivity contribution is -0.129. The van der Waals surface area contributed by atoms with Crippen molar-refractivity contribution in [2.24, 2.45) is 0 Å². The topological polar surface area (TPSA) is 89.5 Å². The summed E-state index contributed by atoms with van der Waals surface area (Å²) in [6.45, 7) is 4.22. The number of benzene rings is 1. The maximum atomic E-state index is 12.8. The van der Waals surface area contributed by atoms with E-state index in [1.807, 2.05) is 0 Å². The molecule has 2 aromatic rings. The first kappa shape index (κ1) is 20.2. The van der Waals surface area contributed by atoms with E-state index in [9.17, 15) is 17.6 Å².